The van der Waals surface area contributed by atoms with E-state index in [9.17, 15) is 18.4 Å². The van der Waals surface area contributed by atoms with Gasteiger partial charge in [-0.2, -0.15) is 23.4 Å². The van der Waals surface area contributed by atoms with Crippen LogP contribution in [-0.2, 0) is 18.3 Å². The van der Waals surface area contributed by atoms with Gasteiger partial charge in [0.05, 0.1) is 16.9 Å². The second kappa shape index (κ2) is 8.02. The van der Waals surface area contributed by atoms with Gasteiger partial charge in [0, 0.05) is 11.3 Å². The number of hydrogen-bond donors (Lipinski definition) is 0. The van der Waals surface area contributed by atoms with Crippen molar-refractivity contribution < 1.29 is 17.7 Å². The molecule has 0 fully saturated rings. The summed E-state index contributed by atoms with van der Waals surface area (Å²) in [6.07, 6.45) is -3.71. The van der Waals surface area contributed by atoms with E-state index in [-0.39, 0.29) is 22.4 Å². The molecule has 28 heavy (non-hydrogen) atoms. The Hall–Kier alpha value is -2.86. The number of benzene rings is 1. The van der Waals surface area contributed by atoms with Gasteiger partial charge in [0.25, 0.3) is 0 Å². The van der Waals surface area contributed by atoms with Crippen molar-refractivity contribution in [3.8, 4) is 17.5 Å². The van der Waals surface area contributed by atoms with Crippen molar-refractivity contribution in [3.63, 3.8) is 0 Å². The second-order valence-electron chi connectivity index (χ2n) is 5.95. The number of halogens is 3. The Labute approximate surface area is 163 Å². The molecule has 3 aromatic rings. The normalized spacial score (nSPS) is 11.4. The van der Waals surface area contributed by atoms with Gasteiger partial charge in [0.15, 0.2) is 0 Å². The highest BCUT2D eigenvalue weighted by Gasteiger charge is 2.35. The summed E-state index contributed by atoms with van der Waals surface area (Å²) >= 11 is 0.954. The molecular formula is C19H15F3N4OS. The first kappa shape index (κ1) is 19.9. The number of aromatic nitrogens is 3. The molecule has 0 aliphatic rings. The monoisotopic (exact) mass is 404 g/mol. The van der Waals surface area contributed by atoms with Gasteiger partial charge in [-0.25, -0.2) is 4.98 Å². The van der Waals surface area contributed by atoms with Crippen molar-refractivity contribution in [1.82, 2.24) is 15.1 Å². The van der Waals surface area contributed by atoms with E-state index >= 15 is 0 Å². The zero-order valence-corrected chi connectivity index (χ0v) is 15.9. The molecule has 0 N–H and O–H groups in total. The third-order valence-corrected chi connectivity index (χ3v) is 4.91. The minimum absolute atomic E-state index is 0.0122. The van der Waals surface area contributed by atoms with Crippen LogP contribution in [0.1, 0.15) is 35.2 Å². The van der Waals surface area contributed by atoms with Crippen molar-refractivity contribution in [2.45, 2.75) is 37.2 Å². The second-order valence-corrected chi connectivity index (χ2v) is 6.92. The number of aryl methyl sites for hydroxylation is 2. The molecule has 0 unspecified atom stereocenters. The van der Waals surface area contributed by atoms with Crippen LogP contribution in [0.3, 0.4) is 0 Å². The first-order chi connectivity index (χ1) is 13.3. The lowest BCUT2D eigenvalue weighted by Gasteiger charge is -2.12. The molecule has 0 amide bonds. The van der Waals surface area contributed by atoms with Gasteiger partial charge in [0.2, 0.25) is 11.7 Å². The van der Waals surface area contributed by atoms with Crippen molar-refractivity contribution >= 4 is 11.8 Å². The maximum atomic E-state index is 13.2. The van der Waals surface area contributed by atoms with Crippen molar-refractivity contribution in [2.24, 2.45) is 0 Å². The quantitative estimate of drug-likeness (QED) is 0.545. The zero-order chi connectivity index (χ0) is 20.3. The Bertz CT molecular complexity index is 1020. The molecule has 0 atom stereocenters. The van der Waals surface area contributed by atoms with Crippen LogP contribution in [-0.4, -0.2) is 15.1 Å². The van der Waals surface area contributed by atoms with E-state index < -0.39 is 17.3 Å². The summed E-state index contributed by atoms with van der Waals surface area (Å²) in [6, 6.07) is 10.2. The predicted molar refractivity (Wildman–Crippen MR) is 97.4 cm³/mol. The van der Waals surface area contributed by atoms with Gasteiger partial charge in [-0.05, 0) is 25.0 Å². The molecule has 0 aliphatic heterocycles. The molecule has 2 heterocycles. The molecule has 9 heteroatoms. The summed E-state index contributed by atoms with van der Waals surface area (Å²) in [7, 11) is 0. The van der Waals surface area contributed by atoms with Crippen LogP contribution < -0.4 is 0 Å². The van der Waals surface area contributed by atoms with Crippen molar-refractivity contribution in [3.05, 3.63) is 58.6 Å². The average molecular weight is 404 g/mol. The molecule has 0 bridgehead atoms. The lowest BCUT2D eigenvalue weighted by Crippen LogP contribution is -2.10. The summed E-state index contributed by atoms with van der Waals surface area (Å²) in [4.78, 5) is 8.34. The first-order valence-corrected chi connectivity index (χ1v) is 9.34. The third kappa shape index (κ3) is 4.34. The van der Waals surface area contributed by atoms with E-state index in [0.29, 0.717) is 5.82 Å². The smallest absolute Gasteiger partial charge is 0.338 e. The van der Waals surface area contributed by atoms with Crippen molar-refractivity contribution in [1.29, 1.82) is 5.26 Å². The van der Waals surface area contributed by atoms with Crippen LogP contribution in [0.25, 0.3) is 11.4 Å². The van der Waals surface area contributed by atoms with E-state index in [1.54, 1.807) is 6.07 Å². The molecule has 2 aromatic heterocycles. The highest BCUT2D eigenvalue weighted by Crippen LogP contribution is 2.36. The Balaban J connectivity index is 1.81. The minimum Gasteiger partial charge on any atom is -0.338 e. The molecule has 144 valence electrons. The highest BCUT2D eigenvalue weighted by molar-refractivity contribution is 7.98. The average Bonchev–Trinajstić information content (AvgIpc) is 3.14. The summed E-state index contributed by atoms with van der Waals surface area (Å²) in [5.41, 5.74) is 0.641. The molecular weight excluding hydrogens is 389 g/mol. The lowest BCUT2D eigenvalue weighted by atomic mass is 10.1. The molecule has 5 nitrogen and oxygen atoms in total. The maximum absolute atomic E-state index is 13.2. The summed E-state index contributed by atoms with van der Waals surface area (Å²) in [6.45, 7) is 3.50. The number of nitriles is 1. The van der Waals surface area contributed by atoms with E-state index in [2.05, 4.69) is 22.0 Å². The fraction of sp³-hybridized carbons (Fsp3) is 0.263. The standard InChI is InChI=1S/C19H15F3N4OS/c1-3-12-4-6-13(7-5-12)17-25-16(27-26-17)10-28-18-14(9-23)15(19(20,21)22)8-11(2)24-18/h4-8H,3,10H2,1-2H3. The number of rotatable bonds is 5. The summed E-state index contributed by atoms with van der Waals surface area (Å²) in [5, 5.41) is 13.1. The largest absolute Gasteiger partial charge is 0.417 e. The van der Waals surface area contributed by atoms with Crippen LogP contribution >= 0.6 is 11.8 Å². The van der Waals surface area contributed by atoms with Crippen LogP contribution in [0, 0.1) is 18.3 Å². The van der Waals surface area contributed by atoms with Gasteiger partial charge < -0.3 is 4.52 Å². The fourth-order valence-corrected chi connectivity index (χ4v) is 3.42. The highest BCUT2D eigenvalue weighted by atomic mass is 32.2. The van der Waals surface area contributed by atoms with Crippen LogP contribution in [0.15, 0.2) is 39.9 Å². The summed E-state index contributed by atoms with van der Waals surface area (Å²) < 4.78 is 44.7. The number of alkyl halides is 3. The van der Waals surface area contributed by atoms with Gasteiger partial charge in [0.1, 0.15) is 11.1 Å². The predicted octanol–water partition coefficient (Wildman–Crippen LogP) is 5.19. The lowest BCUT2D eigenvalue weighted by molar-refractivity contribution is -0.138. The third-order valence-electron chi connectivity index (χ3n) is 3.95. The van der Waals surface area contributed by atoms with E-state index in [1.165, 1.54) is 12.5 Å². The number of hydrogen-bond acceptors (Lipinski definition) is 6. The number of thioether (sulfide) groups is 1. The molecule has 0 saturated carbocycles. The molecule has 0 spiro atoms. The topological polar surface area (TPSA) is 75.6 Å². The van der Waals surface area contributed by atoms with Gasteiger partial charge >= 0.3 is 6.18 Å². The molecule has 3 rings (SSSR count). The number of nitrogens with zero attached hydrogens (tertiary/aromatic N) is 4. The van der Waals surface area contributed by atoms with Gasteiger partial charge in [-0.15, -0.1) is 0 Å². The molecule has 0 saturated heterocycles. The Kier molecular flexibility index (Phi) is 5.70. The van der Waals surface area contributed by atoms with Crippen LogP contribution in [0.5, 0.6) is 0 Å². The maximum Gasteiger partial charge on any atom is 0.417 e. The Morgan fingerprint density at radius 3 is 2.50 bits per heavy atom. The SMILES string of the molecule is CCc1ccc(-c2noc(CSc3nc(C)cc(C(F)(F)F)c3C#N)n2)cc1. The molecule has 0 radical (unpaired) electrons. The fourth-order valence-electron chi connectivity index (χ4n) is 2.53. The first-order valence-electron chi connectivity index (χ1n) is 8.35. The number of pyridine rings is 1. The van der Waals surface area contributed by atoms with Gasteiger partial charge in [-0.1, -0.05) is 48.1 Å². The van der Waals surface area contributed by atoms with Gasteiger partial charge in [-0.3, -0.25) is 0 Å². The van der Waals surface area contributed by atoms with Crippen LogP contribution in [0.4, 0.5) is 13.2 Å². The van der Waals surface area contributed by atoms with Crippen molar-refractivity contribution in [2.75, 3.05) is 0 Å². The molecule has 1 aromatic carbocycles. The van der Waals surface area contributed by atoms with E-state index in [0.717, 1.165) is 29.8 Å². The zero-order valence-electron chi connectivity index (χ0n) is 15.0. The van der Waals surface area contributed by atoms with E-state index in [1.807, 2.05) is 24.3 Å². The summed E-state index contributed by atoms with van der Waals surface area (Å²) in [5.74, 6) is 0.731. The van der Waals surface area contributed by atoms with Crippen LogP contribution in [0.2, 0.25) is 0 Å². The Morgan fingerprint density at radius 2 is 1.89 bits per heavy atom. The van der Waals surface area contributed by atoms with E-state index in [4.69, 9.17) is 4.52 Å². The Morgan fingerprint density at radius 1 is 1.18 bits per heavy atom. The minimum atomic E-state index is -4.63. The molecule has 0 aliphatic carbocycles.